The Hall–Kier alpha value is -0.940. The van der Waals surface area contributed by atoms with Crippen molar-refractivity contribution in [3.63, 3.8) is 0 Å². The molecule has 0 bridgehead atoms. The average molecular weight is 398 g/mol. The third-order valence-electron chi connectivity index (χ3n) is 3.62. The summed E-state index contributed by atoms with van der Waals surface area (Å²) in [5.74, 6) is -0.211. The Morgan fingerprint density at radius 3 is 2.38 bits per heavy atom. The lowest BCUT2D eigenvalue weighted by Crippen LogP contribution is -2.08. The minimum Gasteiger partial charge on any atom is -0.393 e. The van der Waals surface area contributed by atoms with E-state index < -0.39 is 0 Å². The first kappa shape index (κ1) is 16.4. The normalized spacial score (nSPS) is 12.3. The van der Waals surface area contributed by atoms with Crippen molar-refractivity contribution in [2.45, 2.75) is 38.2 Å². The number of halogens is 2. The van der Waals surface area contributed by atoms with Gasteiger partial charge in [0.05, 0.1) is 6.10 Å². The van der Waals surface area contributed by atoms with Crippen LogP contribution in [0.25, 0.3) is 0 Å². The van der Waals surface area contributed by atoms with E-state index in [1.165, 1.54) is 21.3 Å². The third-order valence-corrected chi connectivity index (χ3v) is 4.67. The van der Waals surface area contributed by atoms with E-state index in [4.69, 9.17) is 0 Å². The molecule has 1 unspecified atom stereocenters. The summed E-state index contributed by atoms with van der Waals surface area (Å²) in [7, 11) is 0. The molecule has 2 rings (SSSR count). The average Bonchev–Trinajstić information content (AvgIpc) is 2.49. The molecule has 2 aromatic carbocycles. The first-order chi connectivity index (χ1) is 10.1. The van der Waals surface area contributed by atoms with Crippen LogP contribution in [0.3, 0.4) is 0 Å². The van der Waals surface area contributed by atoms with E-state index in [0.29, 0.717) is 0 Å². The van der Waals surface area contributed by atoms with Gasteiger partial charge in [0.1, 0.15) is 5.82 Å². The molecule has 0 heterocycles. The van der Waals surface area contributed by atoms with Crippen molar-refractivity contribution >= 4 is 22.6 Å². The van der Waals surface area contributed by atoms with Gasteiger partial charge in [-0.25, -0.2) is 4.39 Å². The van der Waals surface area contributed by atoms with E-state index >= 15 is 0 Å². The lowest BCUT2D eigenvalue weighted by Gasteiger charge is -2.11. The highest BCUT2D eigenvalue weighted by Gasteiger charge is 2.06. The Bertz CT molecular complexity index is 553. The Kier molecular flexibility index (Phi) is 6.64. The van der Waals surface area contributed by atoms with E-state index in [0.717, 1.165) is 37.7 Å². The van der Waals surface area contributed by atoms with Crippen molar-refractivity contribution in [2.24, 2.45) is 0 Å². The highest BCUT2D eigenvalue weighted by atomic mass is 127. The predicted molar refractivity (Wildman–Crippen MR) is 92.8 cm³/mol. The Balaban J connectivity index is 1.69. The van der Waals surface area contributed by atoms with Gasteiger partial charge < -0.3 is 5.11 Å². The van der Waals surface area contributed by atoms with E-state index in [1.807, 2.05) is 6.07 Å². The van der Waals surface area contributed by atoms with Crippen molar-refractivity contribution in [1.82, 2.24) is 0 Å². The molecular weight excluding hydrogens is 378 g/mol. The van der Waals surface area contributed by atoms with Crippen molar-refractivity contribution in [2.75, 3.05) is 0 Å². The minimum absolute atomic E-state index is 0.211. The second-order valence-corrected chi connectivity index (χ2v) is 6.46. The van der Waals surface area contributed by atoms with Gasteiger partial charge in [-0.2, -0.15) is 0 Å². The van der Waals surface area contributed by atoms with Gasteiger partial charge in [0.25, 0.3) is 0 Å². The molecule has 0 aliphatic rings. The largest absolute Gasteiger partial charge is 0.393 e. The Morgan fingerprint density at radius 1 is 0.952 bits per heavy atom. The molecule has 0 fully saturated rings. The first-order valence-corrected chi connectivity index (χ1v) is 8.39. The smallest absolute Gasteiger partial charge is 0.123 e. The number of hydrogen-bond donors (Lipinski definition) is 1. The summed E-state index contributed by atoms with van der Waals surface area (Å²) in [6.07, 6.45) is 4.06. The fourth-order valence-corrected chi connectivity index (χ4v) is 3.02. The summed E-state index contributed by atoms with van der Waals surface area (Å²) in [6.45, 7) is 0. The maximum absolute atomic E-state index is 12.8. The number of benzene rings is 2. The molecular formula is C18H20FIO. The van der Waals surface area contributed by atoms with Crippen LogP contribution in [0.4, 0.5) is 4.39 Å². The number of hydrogen-bond acceptors (Lipinski definition) is 1. The maximum Gasteiger partial charge on any atom is 0.123 e. The van der Waals surface area contributed by atoms with E-state index in [-0.39, 0.29) is 11.9 Å². The molecule has 0 saturated carbocycles. The predicted octanol–water partition coefficient (Wildman–Crippen LogP) is 4.75. The number of aliphatic hydroxyl groups is 1. The van der Waals surface area contributed by atoms with Crippen LogP contribution in [0.1, 0.15) is 30.4 Å². The molecule has 0 aromatic heterocycles. The molecule has 2 aromatic rings. The summed E-state index contributed by atoms with van der Waals surface area (Å²) in [6, 6.07) is 14.9. The Morgan fingerprint density at radius 2 is 1.67 bits per heavy atom. The molecule has 21 heavy (non-hydrogen) atoms. The second-order valence-electron chi connectivity index (χ2n) is 5.30. The standard InChI is InChI=1S/C18H20FIO/c19-16-11-8-14(9-12-16)10-13-17(21)6-3-5-15-4-1-2-7-18(15)20/h1-2,4,7-9,11-12,17,21H,3,5-6,10,13H2. The second kappa shape index (κ2) is 8.49. The van der Waals surface area contributed by atoms with Gasteiger partial charge in [0.15, 0.2) is 0 Å². The zero-order valence-corrected chi connectivity index (χ0v) is 14.1. The Labute approximate surface area is 139 Å². The highest BCUT2D eigenvalue weighted by molar-refractivity contribution is 14.1. The first-order valence-electron chi connectivity index (χ1n) is 7.31. The molecule has 1 nitrogen and oxygen atoms in total. The van der Waals surface area contributed by atoms with Crippen LogP contribution < -0.4 is 0 Å². The topological polar surface area (TPSA) is 20.2 Å². The van der Waals surface area contributed by atoms with Crippen molar-refractivity contribution in [1.29, 1.82) is 0 Å². The zero-order chi connectivity index (χ0) is 15.1. The monoisotopic (exact) mass is 398 g/mol. The van der Waals surface area contributed by atoms with Crippen LogP contribution >= 0.6 is 22.6 Å². The molecule has 0 spiro atoms. The summed E-state index contributed by atoms with van der Waals surface area (Å²) in [5, 5.41) is 10.0. The number of rotatable bonds is 7. The van der Waals surface area contributed by atoms with Crippen LogP contribution in [0.15, 0.2) is 48.5 Å². The SMILES string of the molecule is OC(CCCc1ccccc1I)CCc1ccc(F)cc1. The number of aliphatic hydroxyl groups excluding tert-OH is 1. The molecule has 0 radical (unpaired) electrons. The fraction of sp³-hybridized carbons (Fsp3) is 0.333. The summed E-state index contributed by atoms with van der Waals surface area (Å²) >= 11 is 2.35. The van der Waals surface area contributed by atoms with E-state index in [1.54, 1.807) is 12.1 Å². The molecule has 112 valence electrons. The molecule has 0 saturated heterocycles. The van der Waals surface area contributed by atoms with Crippen molar-refractivity contribution in [3.8, 4) is 0 Å². The minimum atomic E-state index is -0.281. The van der Waals surface area contributed by atoms with Crippen molar-refractivity contribution in [3.05, 3.63) is 69.0 Å². The quantitative estimate of drug-likeness (QED) is 0.668. The van der Waals surface area contributed by atoms with Gasteiger partial charge in [0.2, 0.25) is 0 Å². The van der Waals surface area contributed by atoms with E-state index in [2.05, 4.69) is 40.8 Å². The lowest BCUT2D eigenvalue weighted by atomic mass is 10.0. The van der Waals surface area contributed by atoms with Gasteiger partial charge in [-0.15, -0.1) is 0 Å². The van der Waals surface area contributed by atoms with Gasteiger partial charge in [-0.3, -0.25) is 0 Å². The van der Waals surface area contributed by atoms with Gasteiger partial charge in [-0.1, -0.05) is 30.3 Å². The van der Waals surface area contributed by atoms with Crippen LogP contribution in [-0.4, -0.2) is 11.2 Å². The van der Waals surface area contributed by atoms with Crippen LogP contribution in [0, 0.1) is 9.39 Å². The van der Waals surface area contributed by atoms with Crippen LogP contribution in [0.5, 0.6) is 0 Å². The zero-order valence-electron chi connectivity index (χ0n) is 11.9. The van der Waals surface area contributed by atoms with Gasteiger partial charge in [-0.05, 0) is 84.0 Å². The summed E-state index contributed by atoms with van der Waals surface area (Å²) in [4.78, 5) is 0. The molecule has 3 heteroatoms. The summed E-state index contributed by atoms with van der Waals surface area (Å²) in [5.41, 5.74) is 2.43. The summed E-state index contributed by atoms with van der Waals surface area (Å²) < 4.78 is 14.1. The molecule has 0 amide bonds. The van der Waals surface area contributed by atoms with Crippen molar-refractivity contribution < 1.29 is 9.50 Å². The molecule has 0 aliphatic heterocycles. The van der Waals surface area contributed by atoms with Crippen LogP contribution in [0.2, 0.25) is 0 Å². The molecule has 1 atom stereocenters. The van der Waals surface area contributed by atoms with Gasteiger partial charge in [0, 0.05) is 3.57 Å². The highest BCUT2D eigenvalue weighted by Crippen LogP contribution is 2.16. The van der Waals surface area contributed by atoms with Gasteiger partial charge >= 0.3 is 0 Å². The number of aryl methyl sites for hydroxylation is 2. The third kappa shape index (κ3) is 5.75. The maximum atomic E-state index is 12.8. The van der Waals surface area contributed by atoms with Crippen LogP contribution in [-0.2, 0) is 12.8 Å². The lowest BCUT2D eigenvalue weighted by molar-refractivity contribution is 0.152. The molecule has 0 aliphatic carbocycles. The van der Waals surface area contributed by atoms with E-state index in [9.17, 15) is 9.50 Å². The molecule has 1 N–H and O–H groups in total. The fourth-order valence-electron chi connectivity index (χ4n) is 2.36.